The summed E-state index contributed by atoms with van der Waals surface area (Å²) in [6.07, 6.45) is 7.17. The van der Waals surface area contributed by atoms with E-state index in [1.165, 1.54) is 0 Å². The van der Waals surface area contributed by atoms with Crippen LogP contribution < -0.4 is 10.5 Å². The lowest BCUT2D eigenvalue weighted by Gasteiger charge is -2.36. The van der Waals surface area contributed by atoms with Gasteiger partial charge in [-0.2, -0.15) is 0 Å². The van der Waals surface area contributed by atoms with Gasteiger partial charge in [-0.1, -0.05) is 0 Å². The fraction of sp³-hybridized carbons (Fsp3) is 0.929. The van der Waals surface area contributed by atoms with Crippen LogP contribution in [0.15, 0.2) is 0 Å². The molecule has 1 heterocycles. The van der Waals surface area contributed by atoms with Gasteiger partial charge >= 0.3 is 0 Å². The smallest absolute Gasteiger partial charge is 0.222 e. The molecule has 1 fully saturated rings. The Bertz CT molecular complexity index is 423. The van der Waals surface area contributed by atoms with Gasteiger partial charge < -0.3 is 10.6 Å². The van der Waals surface area contributed by atoms with Crippen molar-refractivity contribution in [1.29, 1.82) is 0 Å². The summed E-state index contributed by atoms with van der Waals surface area (Å²) in [5.41, 5.74) is 5.70. The maximum atomic E-state index is 12.3. The second-order valence-corrected chi connectivity index (χ2v) is 7.89. The number of sulfonamides is 1. The number of hydrogen-bond acceptors (Lipinski definition) is 4. The summed E-state index contributed by atoms with van der Waals surface area (Å²) in [5, 5.41) is 0. The third-order valence-electron chi connectivity index (χ3n) is 3.84. The molecule has 124 valence electrons. The fourth-order valence-corrected chi connectivity index (χ4v) is 3.25. The minimum absolute atomic E-state index is 0.133. The Morgan fingerprint density at radius 2 is 2.14 bits per heavy atom. The van der Waals surface area contributed by atoms with Crippen LogP contribution in [-0.2, 0) is 14.8 Å². The average Bonchev–Trinajstić information content (AvgIpc) is 2.37. The van der Waals surface area contributed by atoms with Gasteiger partial charge in [0.15, 0.2) is 0 Å². The Hall–Kier alpha value is -0.660. The second kappa shape index (κ2) is 8.70. The number of amides is 1. The highest BCUT2D eigenvalue weighted by Gasteiger charge is 2.26. The van der Waals surface area contributed by atoms with Crippen LogP contribution in [-0.4, -0.2) is 50.7 Å². The number of likely N-dealkylation sites (tertiary alicyclic amines) is 1. The van der Waals surface area contributed by atoms with E-state index in [-0.39, 0.29) is 18.0 Å². The van der Waals surface area contributed by atoms with Gasteiger partial charge in [-0.15, -0.1) is 0 Å². The highest BCUT2D eigenvalue weighted by atomic mass is 32.2. The van der Waals surface area contributed by atoms with Gasteiger partial charge in [0.1, 0.15) is 0 Å². The molecule has 2 atom stereocenters. The molecule has 0 aromatic rings. The van der Waals surface area contributed by atoms with Gasteiger partial charge in [-0.25, -0.2) is 13.1 Å². The van der Waals surface area contributed by atoms with Crippen LogP contribution in [0.4, 0.5) is 0 Å². The Balaban J connectivity index is 2.42. The first-order valence-electron chi connectivity index (χ1n) is 7.79. The van der Waals surface area contributed by atoms with Gasteiger partial charge in [-0.3, -0.25) is 4.79 Å². The van der Waals surface area contributed by atoms with E-state index in [1.54, 1.807) is 0 Å². The van der Waals surface area contributed by atoms with Crippen molar-refractivity contribution in [2.24, 2.45) is 5.73 Å². The van der Waals surface area contributed by atoms with Crippen molar-refractivity contribution in [2.75, 3.05) is 19.3 Å². The normalized spacial score (nSPS) is 21.3. The number of carbonyl (C=O) groups is 1. The molecule has 1 aliphatic rings. The third-order valence-corrected chi connectivity index (χ3v) is 4.57. The summed E-state index contributed by atoms with van der Waals surface area (Å²) in [6, 6.07) is 0.296. The maximum absolute atomic E-state index is 12.3. The van der Waals surface area contributed by atoms with Gasteiger partial charge in [0.25, 0.3) is 0 Å². The van der Waals surface area contributed by atoms with E-state index in [9.17, 15) is 13.2 Å². The minimum Gasteiger partial charge on any atom is -0.340 e. The summed E-state index contributed by atoms with van der Waals surface area (Å²) in [6.45, 7) is 3.14. The first-order chi connectivity index (χ1) is 9.79. The van der Waals surface area contributed by atoms with Crippen molar-refractivity contribution in [2.45, 2.75) is 64.0 Å². The van der Waals surface area contributed by atoms with Crippen LogP contribution in [0.5, 0.6) is 0 Å². The van der Waals surface area contributed by atoms with E-state index in [4.69, 9.17) is 5.73 Å². The van der Waals surface area contributed by atoms with E-state index in [0.29, 0.717) is 19.4 Å². The molecule has 0 bridgehead atoms. The molecule has 7 heteroatoms. The summed E-state index contributed by atoms with van der Waals surface area (Å²) < 4.78 is 24.7. The standard InChI is InChI=1S/C14H29N3O3S/c1-12(15)6-5-8-14(18)17-11-4-3-7-13(17)9-10-16-21(2,19)20/h12-13,16H,3-11,15H2,1-2H3. The van der Waals surface area contributed by atoms with E-state index in [0.717, 1.165) is 44.9 Å². The molecular formula is C14H29N3O3S. The summed E-state index contributed by atoms with van der Waals surface area (Å²) >= 11 is 0. The molecule has 0 spiro atoms. The van der Waals surface area contributed by atoms with Crippen LogP contribution in [0.1, 0.15) is 51.9 Å². The molecule has 0 aromatic carbocycles. The van der Waals surface area contributed by atoms with Crippen molar-refractivity contribution in [3.05, 3.63) is 0 Å². The SMILES string of the molecule is CC(N)CCCC(=O)N1CCCCC1CCNS(C)(=O)=O. The highest BCUT2D eigenvalue weighted by Crippen LogP contribution is 2.21. The van der Waals surface area contributed by atoms with Gasteiger partial charge in [0, 0.05) is 31.6 Å². The molecule has 1 aliphatic heterocycles. The van der Waals surface area contributed by atoms with Crippen molar-refractivity contribution in [3.8, 4) is 0 Å². The average molecular weight is 319 g/mol. The van der Waals surface area contributed by atoms with Crippen LogP contribution in [0.2, 0.25) is 0 Å². The molecular weight excluding hydrogens is 290 g/mol. The summed E-state index contributed by atoms with van der Waals surface area (Å²) in [5.74, 6) is 0.180. The molecule has 0 aliphatic carbocycles. The predicted molar refractivity (Wildman–Crippen MR) is 84.3 cm³/mol. The van der Waals surface area contributed by atoms with Crippen LogP contribution in [0.3, 0.4) is 0 Å². The molecule has 6 nitrogen and oxygen atoms in total. The number of piperidine rings is 1. The zero-order chi connectivity index (χ0) is 15.9. The lowest BCUT2D eigenvalue weighted by molar-refractivity contribution is -0.135. The molecule has 0 saturated carbocycles. The molecule has 1 saturated heterocycles. The van der Waals surface area contributed by atoms with E-state index >= 15 is 0 Å². The van der Waals surface area contributed by atoms with Crippen LogP contribution >= 0.6 is 0 Å². The number of nitrogens with zero attached hydrogens (tertiary/aromatic N) is 1. The summed E-state index contributed by atoms with van der Waals surface area (Å²) in [7, 11) is -3.15. The van der Waals surface area contributed by atoms with E-state index in [1.807, 2.05) is 11.8 Å². The lowest BCUT2D eigenvalue weighted by Crippen LogP contribution is -2.45. The van der Waals surface area contributed by atoms with E-state index < -0.39 is 10.0 Å². The monoisotopic (exact) mass is 319 g/mol. The molecule has 0 aromatic heterocycles. The van der Waals surface area contributed by atoms with Gasteiger partial charge in [0.05, 0.1) is 6.26 Å². The van der Waals surface area contributed by atoms with Gasteiger partial charge in [-0.05, 0) is 45.4 Å². The zero-order valence-corrected chi connectivity index (χ0v) is 14.0. The molecule has 0 radical (unpaired) electrons. The minimum atomic E-state index is -3.15. The maximum Gasteiger partial charge on any atom is 0.222 e. The molecule has 1 rings (SSSR count). The molecule has 3 N–H and O–H groups in total. The topological polar surface area (TPSA) is 92.5 Å². The van der Waals surface area contributed by atoms with Crippen LogP contribution in [0, 0.1) is 0 Å². The van der Waals surface area contributed by atoms with Crippen molar-refractivity contribution in [1.82, 2.24) is 9.62 Å². The Kier molecular flexibility index (Phi) is 7.62. The number of nitrogens with one attached hydrogen (secondary N) is 1. The summed E-state index contributed by atoms with van der Waals surface area (Å²) in [4.78, 5) is 14.2. The van der Waals surface area contributed by atoms with Gasteiger partial charge in [0.2, 0.25) is 15.9 Å². The Morgan fingerprint density at radius 3 is 2.76 bits per heavy atom. The van der Waals surface area contributed by atoms with Crippen molar-refractivity contribution < 1.29 is 13.2 Å². The number of rotatable bonds is 8. The molecule has 1 amide bonds. The fourth-order valence-electron chi connectivity index (χ4n) is 2.76. The number of hydrogen-bond donors (Lipinski definition) is 2. The first kappa shape index (κ1) is 18.4. The molecule has 21 heavy (non-hydrogen) atoms. The predicted octanol–water partition coefficient (Wildman–Crippen LogP) is 0.824. The Labute approximate surface area is 128 Å². The quantitative estimate of drug-likeness (QED) is 0.693. The number of carbonyl (C=O) groups excluding carboxylic acids is 1. The van der Waals surface area contributed by atoms with E-state index in [2.05, 4.69) is 4.72 Å². The van der Waals surface area contributed by atoms with Crippen LogP contribution in [0.25, 0.3) is 0 Å². The number of nitrogens with two attached hydrogens (primary N) is 1. The zero-order valence-electron chi connectivity index (χ0n) is 13.2. The first-order valence-corrected chi connectivity index (χ1v) is 9.68. The van der Waals surface area contributed by atoms with Crippen molar-refractivity contribution in [3.63, 3.8) is 0 Å². The Morgan fingerprint density at radius 1 is 1.43 bits per heavy atom. The highest BCUT2D eigenvalue weighted by molar-refractivity contribution is 7.88. The third kappa shape index (κ3) is 7.78. The largest absolute Gasteiger partial charge is 0.340 e. The van der Waals surface area contributed by atoms with Crippen molar-refractivity contribution >= 4 is 15.9 Å². The molecule has 2 unspecified atom stereocenters. The second-order valence-electron chi connectivity index (χ2n) is 6.06. The lowest BCUT2D eigenvalue weighted by atomic mass is 9.98.